The Kier molecular flexibility index (Phi) is 4.77. The van der Waals surface area contributed by atoms with E-state index in [1.54, 1.807) is 11.3 Å². The zero-order valence-corrected chi connectivity index (χ0v) is 19.3. The number of nitrogens with zero attached hydrogens (tertiary/aromatic N) is 2. The smallest absolute Gasteiger partial charge is 0.268 e. The fourth-order valence-electron chi connectivity index (χ4n) is 5.28. The summed E-state index contributed by atoms with van der Waals surface area (Å²) in [5, 5.41) is 22.8. The lowest BCUT2D eigenvalue weighted by Gasteiger charge is -2.15. The van der Waals surface area contributed by atoms with Crippen LogP contribution in [0.1, 0.15) is 46.9 Å². The lowest BCUT2D eigenvalue weighted by molar-refractivity contribution is 0.0532. The fourth-order valence-corrected chi connectivity index (χ4v) is 6.43. The molecule has 0 bridgehead atoms. The molecule has 1 saturated carbocycles. The fraction of sp³-hybridized carbons (Fsp3) is 0.500. The predicted molar refractivity (Wildman–Crippen MR) is 120 cm³/mol. The van der Waals surface area contributed by atoms with Crippen LogP contribution in [0.15, 0.2) is 16.7 Å². The summed E-state index contributed by atoms with van der Waals surface area (Å²) in [7, 11) is 0. The average Bonchev–Trinajstić information content (AvgIpc) is 3.22. The van der Waals surface area contributed by atoms with Crippen LogP contribution in [-0.4, -0.2) is 39.7 Å². The standard InChI is InChI=1S/C24H28N2O4S/c1-11-6-14(7-12(2)20(11)29-10-15(28)9-27)22-25-23(30-26-22)21-16-8-17-19(24(17,4)5)18(16)13(3)31-21/h6-7,15,17,19,27-28H,8-10H2,1-5H3/t15-,17-,19-/m1/s1. The summed E-state index contributed by atoms with van der Waals surface area (Å²) in [5.74, 6) is 3.29. The molecule has 0 unspecified atom stereocenters. The van der Waals surface area contributed by atoms with Crippen LogP contribution in [0, 0.1) is 32.1 Å². The molecule has 2 aliphatic carbocycles. The second-order valence-corrected chi connectivity index (χ2v) is 10.7. The average molecular weight is 441 g/mol. The lowest BCUT2D eigenvalue weighted by atomic mass is 9.95. The Balaban J connectivity index is 1.42. The molecule has 5 rings (SSSR count). The van der Waals surface area contributed by atoms with Crippen LogP contribution in [0.3, 0.4) is 0 Å². The van der Waals surface area contributed by atoms with Gasteiger partial charge in [0.1, 0.15) is 18.5 Å². The van der Waals surface area contributed by atoms with Gasteiger partial charge in [0.15, 0.2) is 0 Å². The molecule has 3 aromatic rings. The number of aliphatic hydroxyl groups excluding tert-OH is 2. The molecule has 1 fully saturated rings. The van der Waals surface area contributed by atoms with Gasteiger partial charge in [-0.3, -0.25) is 0 Å². The molecule has 0 radical (unpaired) electrons. The van der Waals surface area contributed by atoms with Crippen LogP contribution in [0.4, 0.5) is 0 Å². The third-order valence-corrected chi connectivity index (χ3v) is 8.14. The maximum atomic E-state index is 9.55. The van der Waals surface area contributed by atoms with Gasteiger partial charge in [-0.15, -0.1) is 11.3 Å². The largest absolute Gasteiger partial charge is 0.490 e. The number of hydrogen-bond acceptors (Lipinski definition) is 7. The van der Waals surface area contributed by atoms with E-state index in [2.05, 4.69) is 25.9 Å². The van der Waals surface area contributed by atoms with E-state index in [1.807, 2.05) is 26.0 Å². The first kappa shape index (κ1) is 20.7. The number of ether oxygens (including phenoxy) is 1. The summed E-state index contributed by atoms with van der Waals surface area (Å²) >= 11 is 1.77. The molecule has 31 heavy (non-hydrogen) atoms. The Morgan fingerprint density at radius 3 is 2.65 bits per heavy atom. The number of hydrogen-bond donors (Lipinski definition) is 2. The van der Waals surface area contributed by atoms with Gasteiger partial charge in [-0.25, -0.2) is 0 Å². The van der Waals surface area contributed by atoms with Gasteiger partial charge in [0.05, 0.1) is 11.5 Å². The third kappa shape index (κ3) is 3.22. The summed E-state index contributed by atoms with van der Waals surface area (Å²) in [6.45, 7) is 10.6. The first-order valence-corrected chi connectivity index (χ1v) is 11.5. The van der Waals surface area contributed by atoms with Gasteiger partial charge in [-0.05, 0) is 78.8 Å². The Hall–Kier alpha value is -2.22. The molecule has 7 heteroatoms. The van der Waals surface area contributed by atoms with Crippen molar-refractivity contribution in [2.75, 3.05) is 13.2 Å². The highest BCUT2D eigenvalue weighted by molar-refractivity contribution is 7.15. The van der Waals surface area contributed by atoms with Gasteiger partial charge in [-0.1, -0.05) is 19.0 Å². The van der Waals surface area contributed by atoms with Crippen LogP contribution in [0.25, 0.3) is 22.2 Å². The number of rotatable bonds is 6. The normalized spacial score (nSPS) is 21.6. The van der Waals surface area contributed by atoms with Crippen molar-refractivity contribution in [2.24, 2.45) is 11.3 Å². The van der Waals surface area contributed by atoms with Gasteiger partial charge < -0.3 is 19.5 Å². The summed E-state index contributed by atoms with van der Waals surface area (Å²) < 4.78 is 11.4. The maximum Gasteiger partial charge on any atom is 0.268 e. The SMILES string of the molecule is Cc1cc(-c2noc(-c3sc(C)c4c3C[C@@H]3[C@H]4C3(C)C)n2)cc(C)c1OC[C@H](O)CO. The van der Waals surface area contributed by atoms with Crippen molar-refractivity contribution in [3.05, 3.63) is 39.3 Å². The first-order valence-electron chi connectivity index (χ1n) is 10.7. The van der Waals surface area contributed by atoms with Crippen LogP contribution in [0.2, 0.25) is 0 Å². The minimum Gasteiger partial charge on any atom is -0.490 e. The van der Waals surface area contributed by atoms with Crippen molar-refractivity contribution in [3.63, 3.8) is 0 Å². The first-order chi connectivity index (χ1) is 14.7. The highest BCUT2D eigenvalue weighted by Gasteiger charge is 2.63. The molecule has 2 N–H and O–H groups in total. The highest BCUT2D eigenvalue weighted by Crippen LogP contribution is 2.72. The van der Waals surface area contributed by atoms with Gasteiger partial charge in [0.25, 0.3) is 5.89 Å². The quantitative estimate of drug-likeness (QED) is 0.590. The monoisotopic (exact) mass is 440 g/mol. The second-order valence-electron chi connectivity index (χ2n) is 9.50. The van der Waals surface area contributed by atoms with Gasteiger partial charge in [0.2, 0.25) is 5.82 Å². The van der Waals surface area contributed by atoms with E-state index in [9.17, 15) is 5.11 Å². The number of aliphatic hydroxyl groups is 2. The molecule has 6 nitrogen and oxygen atoms in total. The van der Waals surface area contributed by atoms with E-state index in [1.165, 1.54) is 16.0 Å². The molecule has 0 amide bonds. The van der Waals surface area contributed by atoms with E-state index in [0.717, 1.165) is 33.9 Å². The Labute approximate surface area is 185 Å². The zero-order chi connectivity index (χ0) is 22.1. The number of aryl methyl sites for hydroxylation is 3. The van der Waals surface area contributed by atoms with Gasteiger partial charge in [0, 0.05) is 10.4 Å². The minimum atomic E-state index is -0.897. The molecule has 0 aliphatic heterocycles. The van der Waals surface area contributed by atoms with Crippen LogP contribution < -0.4 is 4.74 Å². The molecule has 2 aliphatic rings. The number of benzene rings is 1. The van der Waals surface area contributed by atoms with E-state index in [0.29, 0.717) is 28.8 Å². The topological polar surface area (TPSA) is 88.6 Å². The molecule has 2 heterocycles. The number of fused-ring (bicyclic) bond motifs is 3. The molecule has 164 valence electrons. The summed E-state index contributed by atoms with van der Waals surface area (Å²) in [6.07, 6.45) is 0.208. The zero-order valence-electron chi connectivity index (χ0n) is 18.5. The summed E-state index contributed by atoms with van der Waals surface area (Å²) in [5.41, 5.74) is 6.05. The van der Waals surface area contributed by atoms with Crippen molar-refractivity contribution < 1.29 is 19.5 Å². The van der Waals surface area contributed by atoms with Crippen LogP contribution in [0.5, 0.6) is 5.75 Å². The molecular formula is C24H28N2O4S. The van der Waals surface area contributed by atoms with Gasteiger partial charge in [-0.2, -0.15) is 4.98 Å². The summed E-state index contributed by atoms with van der Waals surface area (Å²) in [4.78, 5) is 7.24. The van der Waals surface area contributed by atoms with Crippen molar-refractivity contribution in [2.45, 2.75) is 53.1 Å². The third-order valence-electron chi connectivity index (χ3n) is 6.99. The molecule has 0 saturated heterocycles. The summed E-state index contributed by atoms with van der Waals surface area (Å²) in [6, 6.07) is 3.92. The Morgan fingerprint density at radius 1 is 1.26 bits per heavy atom. The van der Waals surface area contributed by atoms with E-state index in [4.69, 9.17) is 19.4 Å². The lowest BCUT2D eigenvalue weighted by Crippen LogP contribution is -2.21. The molecule has 2 aromatic heterocycles. The van der Waals surface area contributed by atoms with E-state index in [-0.39, 0.29) is 13.2 Å². The predicted octanol–water partition coefficient (Wildman–Crippen LogP) is 4.42. The molecule has 3 atom stereocenters. The van der Waals surface area contributed by atoms with Crippen LogP contribution in [-0.2, 0) is 6.42 Å². The Morgan fingerprint density at radius 2 is 1.97 bits per heavy atom. The van der Waals surface area contributed by atoms with E-state index >= 15 is 0 Å². The van der Waals surface area contributed by atoms with Crippen molar-refractivity contribution in [1.82, 2.24) is 10.1 Å². The second kappa shape index (κ2) is 7.15. The van der Waals surface area contributed by atoms with Crippen molar-refractivity contribution >= 4 is 11.3 Å². The Bertz CT molecular complexity index is 1140. The number of aromatic nitrogens is 2. The van der Waals surface area contributed by atoms with Crippen molar-refractivity contribution in [1.29, 1.82) is 0 Å². The number of thiophene rings is 1. The van der Waals surface area contributed by atoms with E-state index < -0.39 is 6.10 Å². The molecule has 0 spiro atoms. The molecular weight excluding hydrogens is 412 g/mol. The van der Waals surface area contributed by atoms with Gasteiger partial charge >= 0.3 is 0 Å². The van der Waals surface area contributed by atoms with Crippen LogP contribution >= 0.6 is 11.3 Å². The maximum absolute atomic E-state index is 9.55. The molecule has 1 aromatic carbocycles. The minimum absolute atomic E-state index is 0.0471. The van der Waals surface area contributed by atoms with Crippen molar-refractivity contribution in [3.8, 4) is 27.9 Å². The highest BCUT2D eigenvalue weighted by atomic mass is 32.1.